The number of carbonyl (C=O) groups excluding carboxylic acids is 2. The standard InChI is InChI=1S/C15H20N2O4S/c1-9(2)7-14(18)17-10(3)15(19)16-12-8-11(22(4,20)21)5-6-13(12)17/h5-6,8-10H,7H2,1-4H3,(H,16,19). The molecule has 6 nitrogen and oxygen atoms in total. The number of sulfone groups is 1. The number of nitrogens with zero attached hydrogens (tertiary/aromatic N) is 1. The van der Waals surface area contributed by atoms with Crippen LogP contribution in [0.1, 0.15) is 27.2 Å². The average molecular weight is 324 g/mol. The summed E-state index contributed by atoms with van der Waals surface area (Å²) >= 11 is 0. The lowest BCUT2D eigenvalue weighted by Gasteiger charge is -2.35. The van der Waals surface area contributed by atoms with E-state index in [1.807, 2.05) is 13.8 Å². The molecule has 1 N–H and O–H groups in total. The van der Waals surface area contributed by atoms with Gasteiger partial charge in [0.05, 0.1) is 16.3 Å². The lowest BCUT2D eigenvalue weighted by atomic mass is 10.1. The van der Waals surface area contributed by atoms with E-state index >= 15 is 0 Å². The van der Waals surface area contributed by atoms with E-state index in [0.29, 0.717) is 17.8 Å². The average Bonchev–Trinajstić information content (AvgIpc) is 2.37. The lowest BCUT2D eigenvalue weighted by Crippen LogP contribution is -2.49. The fraction of sp³-hybridized carbons (Fsp3) is 0.467. The van der Waals surface area contributed by atoms with Crippen molar-refractivity contribution >= 4 is 33.0 Å². The molecule has 1 heterocycles. The van der Waals surface area contributed by atoms with Gasteiger partial charge in [0.25, 0.3) is 0 Å². The highest BCUT2D eigenvalue weighted by atomic mass is 32.2. The molecule has 2 rings (SSSR count). The third-order valence-corrected chi connectivity index (χ3v) is 4.64. The van der Waals surface area contributed by atoms with Gasteiger partial charge in [-0.1, -0.05) is 13.8 Å². The van der Waals surface area contributed by atoms with Crippen molar-refractivity contribution in [1.82, 2.24) is 0 Å². The molecule has 1 aliphatic rings. The number of benzene rings is 1. The van der Waals surface area contributed by atoms with Crippen molar-refractivity contribution in [2.75, 3.05) is 16.5 Å². The molecule has 0 spiro atoms. The molecule has 0 aromatic heterocycles. The first-order valence-electron chi connectivity index (χ1n) is 7.08. The Balaban J connectivity index is 2.51. The third kappa shape index (κ3) is 3.14. The molecule has 1 atom stereocenters. The summed E-state index contributed by atoms with van der Waals surface area (Å²) in [4.78, 5) is 26.1. The number of carbonyl (C=O) groups is 2. The van der Waals surface area contributed by atoms with Gasteiger partial charge >= 0.3 is 0 Å². The molecule has 0 bridgehead atoms. The molecule has 0 aliphatic carbocycles. The second kappa shape index (κ2) is 5.72. The Hall–Kier alpha value is -1.89. The molecule has 0 fully saturated rings. The number of rotatable bonds is 3. The number of nitrogens with one attached hydrogen (secondary N) is 1. The van der Waals surface area contributed by atoms with E-state index in [1.54, 1.807) is 13.0 Å². The molecular formula is C15H20N2O4S. The topological polar surface area (TPSA) is 83.6 Å². The van der Waals surface area contributed by atoms with Crippen molar-refractivity contribution in [3.05, 3.63) is 18.2 Å². The van der Waals surface area contributed by atoms with Gasteiger partial charge in [0.2, 0.25) is 11.8 Å². The van der Waals surface area contributed by atoms with Crippen LogP contribution >= 0.6 is 0 Å². The maximum atomic E-state index is 12.4. The van der Waals surface area contributed by atoms with Gasteiger partial charge < -0.3 is 5.32 Å². The molecule has 7 heteroatoms. The zero-order valence-corrected chi connectivity index (χ0v) is 13.9. The fourth-order valence-electron chi connectivity index (χ4n) is 2.42. The molecule has 120 valence electrons. The van der Waals surface area contributed by atoms with Crippen LogP contribution < -0.4 is 10.2 Å². The van der Waals surface area contributed by atoms with Gasteiger partial charge in [0, 0.05) is 12.7 Å². The highest BCUT2D eigenvalue weighted by Crippen LogP contribution is 2.34. The van der Waals surface area contributed by atoms with E-state index in [4.69, 9.17) is 0 Å². The Morgan fingerprint density at radius 3 is 2.55 bits per heavy atom. The van der Waals surface area contributed by atoms with Crippen LogP contribution in [0.5, 0.6) is 0 Å². The second-order valence-corrected chi connectivity index (χ2v) is 7.99. The molecule has 1 unspecified atom stereocenters. The predicted molar refractivity (Wildman–Crippen MR) is 84.6 cm³/mol. The van der Waals surface area contributed by atoms with Crippen LogP contribution in [0.25, 0.3) is 0 Å². The van der Waals surface area contributed by atoms with Crippen LogP contribution in [0.3, 0.4) is 0 Å². The SMILES string of the molecule is CC(C)CC(=O)N1c2ccc(S(C)(=O)=O)cc2NC(=O)C1C. The van der Waals surface area contributed by atoms with Crippen LogP contribution in [0.4, 0.5) is 11.4 Å². The van der Waals surface area contributed by atoms with Crippen LogP contribution in [-0.4, -0.2) is 32.5 Å². The summed E-state index contributed by atoms with van der Waals surface area (Å²) in [5.41, 5.74) is 0.883. The van der Waals surface area contributed by atoms with Gasteiger partial charge in [-0.25, -0.2) is 8.42 Å². The van der Waals surface area contributed by atoms with Crippen molar-refractivity contribution in [2.45, 2.75) is 38.1 Å². The number of anilines is 2. The van der Waals surface area contributed by atoms with E-state index in [2.05, 4.69) is 5.32 Å². The summed E-state index contributed by atoms with van der Waals surface area (Å²) in [7, 11) is -3.38. The van der Waals surface area contributed by atoms with Crippen LogP contribution in [0.2, 0.25) is 0 Å². The van der Waals surface area contributed by atoms with Crippen molar-refractivity contribution in [1.29, 1.82) is 0 Å². The van der Waals surface area contributed by atoms with E-state index in [1.165, 1.54) is 17.0 Å². The molecule has 0 saturated carbocycles. The van der Waals surface area contributed by atoms with Gasteiger partial charge in [-0.3, -0.25) is 14.5 Å². The number of fused-ring (bicyclic) bond motifs is 1. The minimum absolute atomic E-state index is 0.109. The van der Waals surface area contributed by atoms with Crippen molar-refractivity contribution in [3.8, 4) is 0 Å². The van der Waals surface area contributed by atoms with Gasteiger partial charge in [-0.15, -0.1) is 0 Å². The van der Waals surface area contributed by atoms with E-state index in [9.17, 15) is 18.0 Å². The summed E-state index contributed by atoms with van der Waals surface area (Å²) in [5, 5.41) is 2.66. The first-order valence-corrected chi connectivity index (χ1v) is 8.97. The van der Waals surface area contributed by atoms with Crippen molar-refractivity contribution in [3.63, 3.8) is 0 Å². The smallest absolute Gasteiger partial charge is 0.247 e. The summed E-state index contributed by atoms with van der Waals surface area (Å²) in [6, 6.07) is 3.79. The van der Waals surface area contributed by atoms with Gasteiger partial charge in [-0.05, 0) is 31.0 Å². The highest BCUT2D eigenvalue weighted by molar-refractivity contribution is 7.90. The molecule has 1 aromatic rings. The monoisotopic (exact) mass is 324 g/mol. The Bertz CT molecular complexity index is 725. The minimum Gasteiger partial charge on any atom is -0.322 e. The van der Waals surface area contributed by atoms with Crippen LogP contribution in [-0.2, 0) is 19.4 Å². The summed E-state index contributed by atoms with van der Waals surface area (Å²) in [6.45, 7) is 5.52. The predicted octanol–water partition coefficient (Wildman–Crippen LogP) is 1.81. The Labute approximate surface area is 130 Å². The molecule has 22 heavy (non-hydrogen) atoms. The molecule has 1 aliphatic heterocycles. The quantitative estimate of drug-likeness (QED) is 0.919. The summed E-state index contributed by atoms with van der Waals surface area (Å²) in [5.74, 6) is -0.301. The lowest BCUT2D eigenvalue weighted by molar-refractivity contribution is -0.124. The van der Waals surface area contributed by atoms with Gasteiger partial charge in [0.1, 0.15) is 6.04 Å². The van der Waals surface area contributed by atoms with Gasteiger partial charge in [-0.2, -0.15) is 0 Å². The molecular weight excluding hydrogens is 304 g/mol. The zero-order valence-electron chi connectivity index (χ0n) is 13.1. The Morgan fingerprint density at radius 1 is 1.36 bits per heavy atom. The van der Waals surface area contributed by atoms with Crippen molar-refractivity contribution in [2.24, 2.45) is 5.92 Å². The first-order chi connectivity index (χ1) is 10.1. The highest BCUT2D eigenvalue weighted by Gasteiger charge is 2.34. The van der Waals surface area contributed by atoms with E-state index < -0.39 is 15.9 Å². The molecule has 2 amide bonds. The summed E-state index contributed by atoms with van der Waals surface area (Å²) in [6.07, 6.45) is 1.43. The van der Waals surface area contributed by atoms with Crippen LogP contribution in [0.15, 0.2) is 23.1 Å². The number of hydrogen-bond acceptors (Lipinski definition) is 4. The third-order valence-electron chi connectivity index (χ3n) is 3.53. The summed E-state index contributed by atoms with van der Waals surface area (Å²) < 4.78 is 23.3. The molecule has 0 saturated heterocycles. The minimum atomic E-state index is -3.38. The van der Waals surface area contributed by atoms with Gasteiger partial charge in [0.15, 0.2) is 9.84 Å². The number of hydrogen-bond donors (Lipinski definition) is 1. The largest absolute Gasteiger partial charge is 0.322 e. The molecule has 1 aromatic carbocycles. The maximum absolute atomic E-state index is 12.4. The van der Waals surface area contributed by atoms with E-state index in [0.717, 1.165) is 6.26 Å². The second-order valence-electron chi connectivity index (χ2n) is 5.98. The van der Waals surface area contributed by atoms with E-state index in [-0.39, 0.29) is 22.6 Å². The Kier molecular flexibility index (Phi) is 4.28. The molecule has 0 radical (unpaired) electrons. The first kappa shape index (κ1) is 16.5. The fourth-order valence-corrected chi connectivity index (χ4v) is 3.06. The van der Waals surface area contributed by atoms with Crippen LogP contribution in [0, 0.1) is 5.92 Å². The Morgan fingerprint density at radius 2 is 2.00 bits per heavy atom. The normalized spacial score (nSPS) is 18.1. The zero-order chi connectivity index (χ0) is 16.7. The van der Waals surface area contributed by atoms with Crippen molar-refractivity contribution < 1.29 is 18.0 Å². The maximum Gasteiger partial charge on any atom is 0.247 e. The number of amides is 2.